The normalized spacial score (nSPS) is 10.8. The number of anilines is 1. The zero-order valence-corrected chi connectivity index (χ0v) is 94.9. The Bertz CT molecular complexity index is 7180. The van der Waals surface area contributed by atoms with Gasteiger partial charge in [-0.25, -0.2) is 83.2 Å². The molecular weight excluding hydrogens is 2270 g/mol. The molecule has 1 fully saturated rings. The second kappa shape index (κ2) is 67.4. The summed E-state index contributed by atoms with van der Waals surface area (Å²) in [4.78, 5) is 152. The van der Waals surface area contributed by atoms with Gasteiger partial charge in [-0.3, -0.25) is 39.3 Å². The van der Waals surface area contributed by atoms with E-state index in [2.05, 4.69) is 221 Å². The van der Waals surface area contributed by atoms with Crippen molar-refractivity contribution in [2.75, 3.05) is 42.8 Å². The third-order valence-corrected chi connectivity index (χ3v) is 20.6. The Balaban J connectivity index is 0.000000559. The Morgan fingerprint density at radius 1 is 0.574 bits per heavy atom. The number of ketones is 4. The van der Waals surface area contributed by atoms with Crippen LogP contribution in [0.3, 0.4) is 0 Å². The summed E-state index contributed by atoms with van der Waals surface area (Å²) in [6.45, 7) is 26.0. The topological polar surface area (TPSA) is 717 Å². The number of carbonyl (C=O) groups excluding carboxylic acids is 10. The molecule has 49 nitrogen and oxygen atoms in total. The van der Waals surface area contributed by atoms with Crippen molar-refractivity contribution in [3.8, 4) is 29.1 Å². The zero-order valence-electron chi connectivity index (χ0n) is 83.1. The molecule has 0 atom stereocenters. The van der Waals surface area contributed by atoms with Crippen molar-refractivity contribution in [1.29, 1.82) is 10.7 Å². The number of nitrogens with zero attached hydrogens (tertiary/aromatic N) is 25. The number of hydrogen-bond donors (Lipinski definition) is 11. The number of rotatable bonds is 18. The molecule has 57 heteroatoms. The maximum atomic E-state index is 13.7. The van der Waals surface area contributed by atoms with E-state index in [-0.39, 0.29) is 212 Å². The molecule has 0 saturated carbocycles. The summed E-state index contributed by atoms with van der Waals surface area (Å²) < 4.78 is 25.4. The number of aryl methyl sites for hydroxylation is 1. The number of carboxylic acids is 1. The van der Waals surface area contributed by atoms with Gasteiger partial charge in [0.1, 0.15) is 86.1 Å². The number of aromatic nitrogens is 25. The number of pyridine rings is 7. The Morgan fingerprint density at radius 3 is 1.31 bits per heavy atom. The van der Waals surface area contributed by atoms with E-state index in [1.165, 1.54) is 47.8 Å². The number of carboxylic acid groups (broad SMARTS) is 1. The number of amidine groups is 2. The molecule has 0 bridgehead atoms. The van der Waals surface area contributed by atoms with E-state index in [0.29, 0.717) is 90.5 Å². The number of carbonyl (C=O) groups is 7. The van der Waals surface area contributed by atoms with E-state index in [0.717, 1.165) is 96.1 Å². The van der Waals surface area contributed by atoms with Crippen molar-refractivity contribution in [1.82, 2.24) is 129 Å². The fourth-order valence-electron chi connectivity index (χ4n) is 12.6. The van der Waals surface area contributed by atoms with Crippen molar-refractivity contribution >= 4 is 229 Å². The number of nitrogens with one attached hydrogen (secondary N) is 5. The molecule has 770 valence electrons. The van der Waals surface area contributed by atoms with E-state index in [1.807, 2.05) is 77.1 Å². The number of aldehydes is 1. The minimum atomic E-state index is -0.962. The Kier molecular flexibility index (Phi) is 59.0. The fourth-order valence-corrected chi connectivity index (χ4v) is 14.0. The molecule has 148 heavy (non-hydrogen) atoms. The number of halogens is 6. The zero-order chi connectivity index (χ0) is 108. The molecule has 0 radical (unpaired) electrons. The smallest absolute Gasteiger partial charge is 1.00 e. The standard InChI is InChI=1S/C12H11N5O.C12H14N4.C11H14ClFN2.C11H14IN3.C11H9N5O2.C10H11N5O2.C10H11N5O.C6H4IN3.C3H5ClO.C2H3ClO.CH2O3.2CO2.2K.H3NO.H/c1-8(18)7-17-12-9(3-2-4-15-12)10(16-17)11-13-5-6-14-11;1-12(2,3)8-16-11-9(5-4-6-14-11)10(7-13)15-16;1-8-6-11(10(13)7-9(8)12)15-4-2-14-3-5-15;1-11(2,3)7-15-10-8(9(12)14-15)5-4-6-13-10;17-8(18)6-16-11-7(2-1-3-14-11)9(15-16)10-12-4-5-13-10;1-6(16)5-15-10-7(3-2-4-12-10)8(13-15)9(11)14-17;1-6(16)5-15-10-7(3-2-4-13-10)8(14-15)9(11)12;7-5-4-2-1-3-8-6(4)10-9-5;1-3(5)2-4;3-1-2-4;2-1-4-3;2*2-1-3;;;1-2;/h2-6H,7H2,1H3,(H,13,14);4-6H,8H2,1-3H3;6-7,14H,2-5H2,1H3;4-6H,7H2,1-3H3;1-5H,6H2,(H,12,13)(H,17,18);2-4,17H,5H2,1H3,(H2,11,14);2-4H,5H2,1H3,(H3,11,12);1-3H,(H,8,9,10);2H2,1H3;2H,1H2;1,3H;;;;;2H,1H2;/q;;;;;;;;;;;;;2*+1;;-1/p-1. The van der Waals surface area contributed by atoms with E-state index in [9.17, 15) is 28.4 Å². The number of benzene rings is 1. The molecule has 1 aromatic carbocycles. The summed E-state index contributed by atoms with van der Waals surface area (Å²) >= 11 is 20.1. The minimum Gasteiger partial charge on any atom is -1.00 e. The van der Waals surface area contributed by atoms with Gasteiger partial charge in [-0.15, -0.1) is 23.2 Å². The van der Waals surface area contributed by atoms with E-state index in [4.69, 9.17) is 106 Å². The number of hydrogen-bond acceptors (Lipinski definition) is 37. The monoisotopic (exact) mass is 2370 g/mol. The largest absolute Gasteiger partial charge is 1.00 e. The maximum Gasteiger partial charge on any atom is 1.00 e. The molecule has 17 heterocycles. The van der Waals surface area contributed by atoms with Crippen LogP contribution in [-0.2, 0) is 96.9 Å². The van der Waals surface area contributed by atoms with Gasteiger partial charge in [0, 0.05) is 112 Å². The molecular formula is C91H101Cl3FI2K2N33O16. The van der Waals surface area contributed by atoms with Crippen LogP contribution in [0.4, 0.5) is 10.1 Å². The summed E-state index contributed by atoms with van der Waals surface area (Å²) in [5.41, 5.74) is 20.2. The van der Waals surface area contributed by atoms with Crippen molar-refractivity contribution in [2.24, 2.45) is 33.4 Å². The number of piperazine rings is 1. The number of aliphatic carboxylic acids is 1. The van der Waals surface area contributed by atoms with E-state index < -0.39 is 5.97 Å². The fraction of sp³-hybridized carbons (Fsp3) is 0.275. The molecule has 1 aliphatic heterocycles. The SMILES string of the molecule is CC(=O)CCl.CC(=O)Cn1nc(-c2ncc[nH]2)c2cccnc21.CC(=O)Cn1nc(C(=N)N)c2cccnc21.CC(=O)Cn1nc(C(N)=NO)c2cccnc21.CC(C)(C)Cn1nc(C#N)c2cccnc21.CC(C)(C)Cn1nc(I)c2cccnc21.Cc1cc(N2CCNCC2)c(F)cc1Cl.Ic1[nH]nc2ncccc12.NO.O=C(O)Cn1nc(-c2ncc[nH]2)c2cccnc21.O=C=O.O=C=O.O=CCCl.O=CO[O-].[H-].[K+].[K+]. The van der Waals surface area contributed by atoms with Gasteiger partial charge in [0.2, 0.25) is 0 Å². The number of H-pyrrole nitrogens is 3. The molecule has 17 aromatic rings. The first-order chi connectivity index (χ1) is 69.7. The van der Waals surface area contributed by atoms with Crippen LogP contribution in [0.2, 0.25) is 5.02 Å². The number of imidazole rings is 2. The van der Waals surface area contributed by atoms with Gasteiger partial charge in [0.15, 0.2) is 80.1 Å². The summed E-state index contributed by atoms with van der Waals surface area (Å²) in [6, 6.07) is 31.3. The molecule has 16 aromatic heterocycles. The molecule has 0 aliphatic carbocycles. The first-order valence-electron chi connectivity index (χ1n) is 42.6. The number of fused-ring (bicyclic) bond motifs is 7. The minimum absolute atomic E-state index is 0. The summed E-state index contributed by atoms with van der Waals surface area (Å²) in [7, 11) is 0. The third kappa shape index (κ3) is 41.5. The molecule has 18 rings (SSSR count). The summed E-state index contributed by atoms with van der Waals surface area (Å²) in [5.74, 6) is 3.58. The Labute approximate surface area is 971 Å². The predicted octanol–water partition coefficient (Wildman–Crippen LogP) is 3.89. The van der Waals surface area contributed by atoms with Crippen LogP contribution in [0.15, 0.2) is 170 Å². The summed E-state index contributed by atoms with van der Waals surface area (Å²) in [5, 5.41) is 94.1. The van der Waals surface area contributed by atoms with Crippen LogP contribution in [0.1, 0.15) is 93.3 Å². The van der Waals surface area contributed by atoms with Gasteiger partial charge in [-0.1, -0.05) is 58.3 Å². The predicted molar refractivity (Wildman–Crippen MR) is 550 cm³/mol. The van der Waals surface area contributed by atoms with Crippen molar-refractivity contribution in [3.05, 3.63) is 206 Å². The van der Waals surface area contributed by atoms with Gasteiger partial charge >= 0.3 is 121 Å². The van der Waals surface area contributed by atoms with Crippen molar-refractivity contribution in [3.63, 3.8) is 0 Å². The average molecular weight is 2370 g/mol. The van der Waals surface area contributed by atoms with Crippen LogP contribution in [0, 0.1) is 47.7 Å². The second-order valence-electron chi connectivity index (χ2n) is 32.0. The second-order valence-corrected chi connectivity index (χ2v) is 35.0. The number of nitrogens with two attached hydrogens (primary N) is 3. The maximum absolute atomic E-state index is 13.7. The van der Waals surface area contributed by atoms with Crippen molar-refractivity contribution < 1.29 is 187 Å². The molecule has 1 aliphatic rings. The first kappa shape index (κ1) is 130. The molecule has 0 spiro atoms. The van der Waals surface area contributed by atoms with Crippen LogP contribution in [0.25, 0.3) is 100 Å². The van der Waals surface area contributed by atoms with E-state index in [1.54, 1.807) is 97.0 Å². The number of alkyl halides is 2. The number of oxime groups is 1. The first-order valence-corrected chi connectivity index (χ1v) is 46.2. The third-order valence-electron chi connectivity index (χ3n) is 18.1. The molecule has 0 amide bonds. The number of nitrogen functional groups attached to an aromatic ring is 1. The number of aromatic amines is 3. The van der Waals surface area contributed by atoms with Gasteiger partial charge in [-0.2, -0.15) is 60.1 Å². The van der Waals surface area contributed by atoms with E-state index >= 15 is 0 Å². The van der Waals surface area contributed by atoms with Crippen LogP contribution < -0.4 is 136 Å². The number of Topliss-reactive ketones (excluding diaryl/α,β-unsaturated/α-hetero) is 4. The van der Waals surface area contributed by atoms with Crippen LogP contribution in [-0.4, -0.2) is 243 Å². The van der Waals surface area contributed by atoms with Gasteiger partial charge in [0.25, 0.3) is 6.47 Å². The Hall–Kier alpha value is -12.6. The Morgan fingerprint density at radius 2 is 0.939 bits per heavy atom. The molecule has 1 saturated heterocycles. The number of nitriles is 1. The van der Waals surface area contributed by atoms with Gasteiger partial charge in [0.05, 0.1) is 55.2 Å². The molecule has 14 N–H and O–H groups in total. The molecule has 0 unspecified atom stereocenters. The summed E-state index contributed by atoms with van der Waals surface area (Å²) in [6.07, 6.45) is 19.6. The average Bonchev–Trinajstić information content (AvgIpc) is 1.63. The van der Waals surface area contributed by atoms with Crippen LogP contribution in [0.5, 0.6) is 0 Å². The van der Waals surface area contributed by atoms with Crippen LogP contribution >= 0.6 is 80.0 Å². The van der Waals surface area contributed by atoms with Crippen molar-refractivity contribution in [2.45, 2.75) is 115 Å². The quantitative estimate of drug-likeness (QED) is 0.00668. The van der Waals surface area contributed by atoms with Gasteiger partial charge in [-0.05, 0) is 193 Å². The van der Waals surface area contributed by atoms with Gasteiger partial charge < -0.3 is 63.5 Å².